The van der Waals surface area contributed by atoms with E-state index in [9.17, 15) is 9.59 Å². The molecule has 0 aliphatic heterocycles. The van der Waals surface area contributed by atoms with E-state index in [1.807, 2.05) is 61.5 Å². The molecule has 154 valence electrons. The van der Waals surface area contributed by atoms with E-state index in [1.54, 1.807) is 0 Å². The van der Waals surface area contributed by atoms with Crippen molar-refractivity contribution in [2.45, 2.75) is 39.0 Å². The number of benzene rings is 2. The van der Waals surface area contributed by atoms with Crippen LogP contribution in [0.25, 0.3) is 11.4 Å². The molecule has 3 aromatic rings. The Hall–Kier alpha value is -3.21. The molecule has 0 bridgehead atoms. The van der Waals surface area contributed by atoms with E-state index >= 15 is 0 Å². The third kappa shape index (κ3) is 4.67. The molecule has 0 radical (unpaired) electrons. The van der Waals surface area contributed by atoms with Crippen molar-refractivity contribution in [1.82, 2.24) is 15.3 Å². The highest BCUT2D eigenvalue weighted by molar-refractivity contribution is 5.78. The zero-order valence-corrected chi connectivity index (χ0v) is 17.3. The molecular formula is C25H27N3O2. The van der Waals surface area contributed by atoms with Gasteiger partial charge in [-0.3, -0.25) is 9.59 Å². The van der Waals surface area contributed by atoms with Gasteiger partial charge in [0.2, 0.25) is 5.91 Å². The molecule has 2 N–H and O–H groups in total. The van der Waals surface area contributed by atoms with Crippen LogP contribution in [-0.2, 0) is 24.1 Å². The molecule has 1 aliphatic rings. The van der Waals surface area contributed by atoms with E-state index < -0.39 is 0 Å². The van der Waals surface area contributed by atoms with Gasteiger partial charge in [-0.25, -0.2) is 4.98 Å². The van der Waals surface area contributed by atoms with Gasteiger partial charge in [-0.05, 0) is 49.7 Å². The minimum Gasteiger partial charge on any atom is -0.356 e. The predicted molar refractivity (Wildman–Crippen MR) is 118 cm³/mol. The third-order valence-electron chi connectivity index (χ3n) is 5.94. The number of hydrogen-bond donors (Lipinski definition) is 2. The van der Waals surface area contributed by atoms with Crippen molar-refractivity contribution in [2.24, 2.45) is 5.92 Å². The average Bonchev–Trinajstić information content (AvgIpc) is 2.97. The smallest absolute Gasteiger partial charge is 0.254 e. The van der Waals surface area contributed by atoms with Crippen LogP contribution in [0.2, 0.25) is 0 Å². The summed E-state index contributed by atoms with van der Waals surface area (Å²) in [7, 11) is 0. The molecule has 2 aromatic carbocycles. The molecule has 0 fully saturated rings. The minimum atomic E-state index is -0.0388. The van der Waals surface area contributed by atoms with E-state index in [-0.39, 0.29) is 11.5 Å². The molecule has 1 atom stereocenters. The van der Waals surface area contributed by atoms with Crippen LogP contribution in [0.5, 0.6) is 0 Å². The zero-order valence-electron chi connectivity index (χ0n) is 17.3. The summed E-state index contributed by atoms with van der Waals surface area (Å²) in [5.41, 5.74) is 4.77. The molecule has 30 heavy (non-hydrogen) atoms. The molecule has 0 saturated carbocycles. The first-order chi connectivity index (χ1) is 14.6. The first-order valence-electron chi connectivity index (χ1n) is 10.6. The number of aryl methyl sites for hydroxylation is 2. The number of hydrogen-bond acceptors (Lipinski definition) is 3. The molecule has 1 amide bonds. The van der Waals surface area contributed by atoms with E-state index in [4.69, 9.17) is 4.98 Å². The Bertz CT molecular complexity index is 1090. The summed E-state index contributed by atoms with van der Waals surface area (Å²) in [6.07, 6.45) is 3.67. The topological polar surface area (TPSA) is 74.8 Å². The Morgan fingerprint density at radius 2 is 1.80 bits per heavy atom. The SMILES string of the molecule is Cc1ccccc1CC(=O)NCC1CCc2nc(-c3ccccc3)[nH]c(=O)c2CC1. The molecule has 1 unspecified atom stereocenters. The highest BCUT2D eigenvalue weighted by Gasteiger charge is 2.21. The van der Waals surface area contributed by atoms with Gasteiger partial charge in [0.05, 0.1) is 12.1 Å². The third-order valence-corrected chi connectivity index (χ3v) is 5.94. The second kappa shape index (κ2) is 9.08. The fourth-order valence-electron chi connectivity index (χ4n) is 4.08. The lowest BCUT2D eigenvalue weighted by Gasteiger charge is -2.15. The number of aromatic amines is 1. The second-order valence-corrected chi connectivity index (χ2v) is 8.06. The standard InChI is InChI=1S/C25H27N3O2/c1-17-7-5-6-10-20(17)15-23(29)26-16-18-11-13-21-22(14-12-18)27-24(28-25(21)30)19-8-3-2-4-9-19/h2-10,18H,11-16H2,1H3,(H,26,29)(H,27,28,30). The summed E-state index contributed by atoms with van der Waals surface area (Å²) < 4.78 is 0. The van der Waals surface area contributed by atoms with E-state index in [0.717, 1.165) is 47.2 Å². The first kappa shape index (κ1) is 20.1. The minimum absolute atomic E-state index is 0.0388. The summed E-state index contributed by atoms with van der Waals surface area (Å²) in [5, 5.41) is 3.09. The predicted octanol–water partition coefficient (Wildman–Crippen LogP) is 3.60. The van der Waals surface area contributed by atoms with Gasteiger partial charge in [0, 0.05) is 17.7 Å². The lowest BCUT2D eigenvalue weighted by molar-refractivity contribution is -0.120. The highest BCUT2D eigenvalue weighted by atomic mass is 16.1. The van der Waals surface area contributed by atoms with Crippen molar-refractivity contribution < 1.29 is 4.79 Å². The Morgan fingerprint density at radius 1 is 1.07 bits per heavy atom. The van der Waals surface area contributed by atoms with Gasteiger partial charge in [-0.1, -0.05) is 54.6 Å². The lowest BCUT2D eigenvalue weighted by atomic mass is 9.99. The van der Waals surface area contributed by atoms with Crippen molar-refractivity contribution in [3.8, 4) is 11.4 Å². The number of carbonyl (C=O) groups is 1. The molecule has 4 rings (SSSR count). The number of nitrogens with one attached hydrogen (secondary N) is 2. The highest BCUT2D eigenvalue weighted by Crippen LogP contribution is 2.23. The van der Waals surface area contributed by atoms with E-state index in [2.05, 4.69) is 10.3 Å². The van der Waals surface area contributed by atoms with Crippen LogP contribution in [0.1, 0.15) is 35.2 Å². The number of rotatable bonds is 5. The Morgan fingerprint density at radius 3 is 2.60 bits per heavy atom. The quantitative estimate of drug-likeness (QED) is 0.642. The monoisotopic (exact) mass is 401 g/mol. The molecule has 0 saturated heterocycles. The number of carbonyl (C=O) groups excluding carboxylic acids is 1. The maximum Gasteiger partial charge on any atom is 0.254 e. The fourth-order valence-corrected chi connectivity index (χ4v) is 4.08. The number of nitrogens with zero attached hydrogens (tertiary/aromatic N) is 1. The molecule has 5 heteroatoms. The zero-order chi connectivity index (χ0) is 20.9. The van der Waals surface area contributed by atoms with Crippen LogP contribution >= 0.6 is 0 Å². The van der Waals surface area contributed by atoms with Crippen molar-refractivity contribution in [1.29, 1.82) is 0 Å². The van der Waals surface area contributed by atoms with Gasteiger partial charge in [0.1, 0.15) is 5.82 Å². The van der Waals surface area contributed by atoms with Crippen LogP contribution < -0.4 is 10.9 Å². The summed E-state index contributed by atoms with van der Waals surface area (Å²) in [6.45, 7) is 2.67. The van der Waals surface area contributed by atoms with Gasteiger partial charge in [0.25, 0.3) is 5.56 Å². The number of amides is 1. The largest absolute Gasteiger partial charge is 0.356 e. The Labute approximate surface area is 176 Å². The molecular weight excluding hydrogens is 374 g/mol. The van der Waals surface area contributed by atoms with E-state index in [1.165, 1.54) is 0 Å². The summed E-state index contributed by atoms with van der Waals surface area (Å²) in [6, 6.07) is 17.7. The fraction of sp³-hybridized carbons (Fsp3) is 0.320. The molecule has 0 spiro atoms. The van der Waals surface area contributed by atoms with Gasteiger partial charge in [-0.2, -0.15) is 0 Å². The van der Waals surface area contributed by atoms with Crippen LogP contribution in [0.3, 0.4) is 0 Å². The number of fused-ring (bicyclic) bond motifs is 1. The normalized spacial score (nSPS) is 15.8. The van der Waals surface area contributed by atoms with Crippen LogP contribution in [0, 0.1) is 12.8 Å². The Balaban J connectivity index is 1.38. The molecule has 1 aliphatic carbocycles. The van der Waals surface area contributed by atoms with Crippen molar-refractivity contribution in [3.05, 3.63) is 87.3 Å². The second-order valence-electron chi connectivity index (χ2n) is 8.06. The maximum absolute atomic E-state index is 12.7. The van der Waals surface area contributed by atoms with Crippen molar-refractivity contribution in [3.63, 3.8) is 0 Å². The Kier molecular flexibility index (Phi) is 6.07. The van der Waals surface area contributed by atoms with Gasteiger partial charge >= 0.3 is 0 Å². The van der Waals surface area contributed by atoms with E-state index in [0.29, 0.717) is 31.1 Å². The molecule has 5 nitrogen and oxygen atoms in total. The number of H-pyrrole nitrogens is 1. The average molecular weight is 402 g/mol. The number of aromatic nitrogens is 2. The van der Waals surface area contributed by atoms with Crippen LogP contribution in [-0.4, -0.2) is 22.4 Å². The summed E-state index contributed by atoms with van der Waals surface area (Å²) >= 11 is 0. The summed E-state index contributed by atoms with van der Waals surface area (Å²) in [4.78, 5) is 32.7. The van der Waals surface area contributed by atoms with Crippen molar-refractivity contribution >= 4 is 5.91 Å². The maximum atomic E-state index is 12.7. The van der Waals surface area contributed by atoms with Crippen molar-refractivity contribution in [2.75, 3.05) is 6.54 Å². The van der Waals surface area contributed by atoms with Gasteiger partial charge in [0.15, 0.2) is 0 Å². The first-order valence-corrected chi connectivity index (χ1v) is 10.6. The van der Waals surface area contributed by atoms with Gasteiger partial charge in [-0.15, -0.1) is 0 Å². The molecule has 1 aromatic heterocycles. The van der Waals surface area contributed by atoms with Crippen LogP contribution in [0.15, 0.2) is 59.4 Å². The van der Waals surface area contributed by atoms with Gasteiger partial charge < -0.3 is 10.3 Å². The molecule has 1 heterocycles. The lowest BCUT2D eigenvalue weighted by Crippen LogP contribution is -2.31. The summed E-state index contributed by atoms with van der Waals surface area (Å²) in [5.74, 6) is 1.03. The van der Waals surface area contributed by atoms with Crippen LogP contribution in [0.4, 0.5) is 0 Å².